The van der Waals surface area contributed by atoms with Gasteiger partial charge in [-0.25, -0.2) is 9.59 Å². The van der Waals surface area contributed by atoms with Crippen molar-refractivity contribution in [2.24, 2.45) is 0 Å². The fourth-order valence-corrected chi connectivity index (χ4v) is 3.41. The van der Waals surface area contributed by atoms with Gasteiger partial charge in [0, 0.05) is 0 Å². The molecule has 0 aliphatic heterocycles. The van der Waals surface area contributed by atoms with Gasteiger partial charge in [0.15, 0.2) is 0 Å². The third-order valence-electron chi connectivity index (χ3n) is 4.43. The number of ether oxygens (including phenoxy) is 2. The standard InChI is InChI=1S/C20H14O4/c1-23-19(21)15-9-11-5-4-8-14-16(20(22)24-2)10-12-6-3-7-13(15)17(12)18(11)14/h3-10H,1-2H3. The Balaban J connectivity index is 2.27. The molecule has 0 aliphatic rings. The topological polar surface area (TPSA) is 52.6 Å². The minimum atomic E-state index is -0.373. The highest BCUT2D eigenvalue weighted by atomic mass is 16.5. The molecule has 4 aromatic rings. The summed E-state index contributed by atoms with van der Waals surface area (Å²) in [5.41, 5.74) is 1.04. The first-order chi connectivity index (χ1) is 11.7. The molecular weight excluding hydrogens is 304 g/mol. The van der Waals surface area contributed by atoms with Gasteiger partial charge in [-0.1, -0.05) is 36.4 Å². The molecule has 0 amide bonds. The Bertz CT molecular complexity index is 1020. The van der Waals surface area contributed by atoms with Crippen LogP contribution in [0.5, 0.6) is 0 Å². The van der Waals surface area contributed by atoms with Crippen LogP contribution in [0.3, 0.4) is 0 Å². The molecule has 0 spiro atoms. The Morgan fingerprint density at radius 2 is 1.12 bits per heavy atom. The summed E-state index contributed by atoms with van der Waals surface area (Å²) in [7, 11) is 2.75. The summed E-state index contributed by atoms with van der Waals surface area (Å²) in [5, 5.41) is 5.33. The van der Waals surface area contributed by atoms with Gasteiger partial charge in [-0.2, -0.15) is 0 Å². The van der Waals surface area contributed by atoms with Crippen LogP contribution >= 0.6 is 0 Å². The van der Waals surface area contributed by atoms with Crippen molar-refractivity contribution in [3.05, 3.63) is 59.7 Å². The molecule has 0 heterocycles. The predicted octanol–water partition coefficient (Wildman–Crippen LogP) is 4.16. The Morgan fingerprint density at radius 1 is 0.708 bits per heavy atom. The second kappa shape index (κ2) is 5.20. The Morgan fingerprint density at radius 3 is 1.50 bits per heavy atom. The quantitative estimate of drug-likeness (QED) is 0.411. The number of hydrogen-bond donors (Lipinski definition) is 0. The predicted molar refractivity (Wildman–Crippen MR) is 92.8 cm³/mol. The number of rotatable bonds is 2. The number of esters is 2. The second-order valence-electron chi connectivity index (χ2n) is 5.64. The monoisotopic (exact) mass is 318 g/mol. The molecule has 118 valence electrons. The molecule has 0 radical (unpaired) electrons. The van der Waals surface area contributed by atoms with E-state index in [0.717, 1.165) is 32.3 Å². The highest BCUT2D eigenvalue weighted by Gasteiger charge is 2.20. The fourth-order valence-electron chi connectivity index (χ4n) is 3.41. The van der Waals surface area contributed by atoms with Gasteiger partial charge in [-0.05, 0) is 44.5 Å². The van der Waals surface area contributed by atoms with Gasteiger partial charge in [0.2, 0.25) is 0 Å². The third-order valence-corrected chi connectivity index (χ3v) is 4.43. The molecule has 4 nitrogen and oxygen atoms in total. The molecule has 0 saturated carbocycles. The number of carbonyl (C=O) groups excluding carboxylic acids is 2. The molecule has 0 fully saturated rings. The molecule has 4 rings (SSSR count). The zero-order valence-corrected chi connectivity index (χ0v) is 13.3. The zero-order valence-electron chi connectivity index (χ0n) is 13.3. The Kier molecular flexibility index (Phi) is 3.13. The van der Waals surface area contributed by atoms with Crippen molar-refractivity contribution >= 4 is 44.3 Å². The minimum absolute atomic E-state index is 0.373. The van der Waals surface area contributed by atoms with Crippen LogP contribution in [0.25, 0.3) is 32.3 Å². The van der Waals surface area contributed by atoms with E-state index in [1.165, 1.54) is 14.2 Å². The summed E-state index contributed by atoms with van der Waals surface area (Å²) in [4.78, 5) is 24.4. The maximum Gasteiger partial charge on any atom is 0.338 e. The SMILES string of the molecule is COC(=O)c1cc2cccc3c(C(=O)OC)cc4cccc1c4c23. The van der Waals surface area contributed by atoms with Gasteiger partial charge in [0.1, 0.15) is 0 Å². The third kappa shape index (κ3) is 1.86. The van der Waals surface area contributed by atoms with Crippen LogP contribution in [-0.4, -0.2) is 26.2 Å². The fraction of sp³-hybridized carbons (Fsp3) is 0.100. The van der Waals surface area contributed by atoms with Crippen molar-refractivity contribution < 1.29 is 19.1 Å². The highest BCUT2D eigenvalue weighted by molar-refractivity contribution is 6.29. The van der Waals surface area contributed by atoms with Gasteiger partial charge < -0.3 is 9.47 Å². The minimum Gasteiger partial charge on any atom is -0.465 e. The van der Waals surface area contributed by atoms with Crippen molar-refractivity contribution in [3.8, 4) is 0 Å². The maximum atomic E-state index is 12.2. The summed E-state index contributed by atoms with van der Waals surface area (Å²) >= 11 is 0. The van der Waals surface area contributed by atoms with Gasteiger partial charge in [0.05, 0.1) is 25.3 Å². The molecule has 0 unspecified atom stereocenters. The van der Waals surface area contributed by atoms with Crippen molar-refractivity contribution in [3.63, 3.8) is 0 Å². The molecule has 0 bridgehead atoms. The maximum absolute atomic E-state index is 12.2. The molecule has 0 saturated heterocycles. The highest BCUT2D eigenvalue weighted by Crippen LogP contribution is 2.38. The van der Waals surface area contributed by atoms with E-state index in [-0.39, 0.29) is 11.9 Å². The summed E-state index contributed by atoms with van der Waals surface area (Å²) < 4.78 is 9.86. The van der Waals surface area contributed by atoms with Crippen LogP contribution in [0.4, 0.5) is 0 Å². The first-order valence-corrected chi connectivity index (χ1v) is 7.53. The van der Waals surface area contributed by atoms with Crippen molar-refractivity contribution in [2.45, 2.75) is 0 Å². The first-order valence-electron chi connectivity index (χ1n) is 7.53. The summed E-state index contributed by atoms with van der Waals surface area (Å²) in [6.45, 7) is 0. The van der Waals surface area contributed by atoms with Crippen molar-refractivity contribution in [2.75, 3.05) is 14.2 Å². The van der Waals surface area contributed by atoms with E-state index < -0.39 is 0 Å². The molecule has 4 aromatic carbocycles. The van der Waals surface area contributed by atoms with Gasteiger partial charge in [-0.3, -0.25) is 0 Å². The summed E-state index contributed by atoms with van der Waals surface area (Å²) in [6.07, 6.45) is 0. The van der Waals surface area contributed by atoms with Crippen LogP contribution in [0, 0.1) is 0 Å². The normalized spacial score (nSPS) is 11.2. The van der Waals surface area contributed by atoms with Crippen molar-refractivity contribution in [1.29, 1.82) is 0 Å². The lowest BCUT2D eigenvalue weighted by molar-refractivity contribution is 0.0594. The average molecular weight is 318 g/mol. The van der Waals surface area contributed by atoms with Gasteiger partial charge in [0.25, 0.3) is 0 Å². The van der Waals surface area contributed by atoms with Gasteiger partial charge in [-0.15, -0.1) is 0 Å². The van der Waals surface area contributed by atoms with E-state index in [4.69, 9.17) is 9.47 Å². The lowest BCUT2D eigenvalue weighted by Crippen LogP contribution is -2.05. The molecule has 4 heteroatoms. The van der Waals surface area contributed by atoms with Gasteiger partial charge >= 0.3 is 11.9 Å². The molecule has 0 aromatic heterocycles. The van der Waals surface area contributed by atoms with E-state index in [2.05, 4.69) is 0 Å². The summed E-state index contributed by atoms with van der Waals surface area (Å²) in [6, 6.07) is 15.0. The first kappa shape index (κ1) is 14.5. The molecule has 0 aliphatic carbocycles. The van der Waals surface area contributed by atoms with Crippen LogP contribution in [0.2, 0.25) is 0 Å². The number of hydrogen-bond acceptors (Lipinski definition) is 4. The summed E-state index contributed by atoms with van der Waals surface area (Å²) in [5.74, 6) is -0.746. The zero-order chi connectivity index (χ0) is 16.8. The molecular formula is C20H14O4. The van der Waals surface area contributed by atoms with Crippen LogP contribution in [0.15, 0.2) is 48.5 Å². The largest absolute Gasteiger partial charge is 0.465 e. The van der Waals surface area contributed by atoms with E-state index in [1.807, 2.05) is 48.5 Å². The second-order valence-corrected chi connectivity index (χ2v) is 5.64. The number of carbonyl (C=O) groups is 2. The van der Waals surface area contributed by atoms with Crippen LogP contribution in [0.1, 0.15) is 20.7 Å². The lowest BCUT2D eigenvalue weighted by atomic mass is 9.89. The lowest BCUT2D eigenvalue weighted by Gasteiger charge is -2.15. The molecule has 0 N–H and O–H groups in total. The molecule has 24 heavy (non-hydrogen) atoms. The molecule has 0 atom stereocenters. The van der Waals surface area contributed by atoms with E-state index in [0.29, 0.717) is 11.1 Å². The van der Waals surface area contributed by atoms with E-state index >= 15 is 0 Å². The van der Waals surface area contributed by atoms with Crippen LogP contribution in [-0.2, 0) is 9.47 Å². The van der Waals surface area contributed by atoms with Crippen LogP contribution < -0.4 is 0 Å². The Hall–Kier alpha value is -3.14. The van der Waals surface area contributed by atoms with E-state index in [9.17, 15) is 9.59 Å². The van der Waals surface area contributed by atoms with Crippen molar-refractivity contribution in [1.82, 2.24) is 0 Å². The number of benzene rings is 4. The van der Waals surface area contributed by atoms with E-state index in [1.54, 1.807) is 0 Å². The number of methoxy groups -OCH3 is 2. The average Bonchev–Trinajstić information content (AvgIpc) is 2.64. The smallest absolute Gasteiger partial charge is 0.338 e. The Labute approximate surface area is 137 Å².